The van der Waals surface area contributed by atoms with Crippen LogP contribution in [0.3, 0.4) is 0 Å². The lowest BCUT2D eigenvalue weighted by Gasteiger charge is -2.03. The van der Waals surface area contributed by atoms with E-state index in [4.69, 9.17) is 11.6 Å². The number of nitrogens with zero attached hydrogens (tertiary/aromatic N) is 1. The van der Waals surface area contributed by atoms with Crippen LogP contribution in [-0.4, -0.2) is 10.9 Å². The standard InChI is InChI=1S/C11H11ClN2OS2/c1-6(2)10(15)14-11-13-7(5-16-11)8-3-4-9(12)17-8/h3-6H,1-2H3,(H,13,14,15). The van der Waals surface area contributed by atoms with Gasteiger partial charge < -0.3 is 5.32 Å². The van der Waals surface area contributed by atoms with E-state index in [1.54, 1.807) is 0 Å². The molecule has 0 atom stereocenters. The minimum atomic E-state index is -0.0430. The molecule has 90 valence electrons. The molecule has 17 heavy (non-hydrogen) atoms. The summed E-state index contributed by atoms with van der Waals surface area (Å²) in [6.45, 7) is 3.70. The molecule has 0 radical (unpaired) electrons. The molecule has 0 aliphatic rings. The molecule has 0 aliphatic heterocycles. The molecule has 0 bridgehead atoms. The Balaban J connectivity index is 2.14. The first kappa shape index (κ1) is 12.5. The SMILES string of the molecule is CC(C)C(=O)Nc1nc(-c2ccc(Cl)s2)cs1. The third-order valence-corrected chi connectivity index (χ3v) is 4.10. The molecule has 0 spiro atoms. The molecule has 0 saturated heterocycles. The predicted molar refractivity (Wildman–Crippen MR) is 73.9 cm³/mol. The summed E-state index contributed by atoms with van der Waals surface area (Å²) in [7, 11) is 0. The van der Waals surface area contributed by atoms with Gasteiger partial charge in [-0.05, 0) is 12.1 Å². The molecule has 6 heteroatoms. The third-order valence-electron chi connectivity index (χ3n) is 2.08. The van der Waals surface area contributed by atoms with Crippen LogP contribution in [0.5, 0.6) is 0 Å². The van der Waals surface area contributed by atoms with Gasteiger partial charge in [0.25, 0.3) is 0 Å². The van der Waals surface area contributed by atoms with Crippen molar-refractivity contribution in [2.45, 2.75) is 13.8 Å². The van der Waals surface area contributed by atoms with Gasteiger partial charge in [0.2, 0.25) is 5.91 Å². The van der Waals surface area contributed by atoms with Crippen LogP contribution in [0.25, 0.3) is 10.6 Å². The number of carbonyl (C=O) groups is 1. The zero-order chi connectivity index (χ0) is 12.4. The number of carbonyl (C=O) groups excluding carboxylic acids is 1. The van der Waals surface area contributed by atoms with E-state index in [-0.39, 0.29) is 11.8 Å². The highest BCUT2D eigenvalue weighted by atomic mass is 35.5. The topological polar surface area (TPSA) is 42.0 Å². The molecular formula is C11H11ClN2OS2. The molecular weight excluding hydrogens is 276 g/mol. The minimum absolute atomic E-state index is 0.0184. The average Bonchev–Trinajstić information content (AvgIpc) is 2.86. The largest absolute Gasteiger partial charge is 0.302 e. The maximum Gasteiger partial charge on any atom is 0.228 e. The van der Waals surface area contributed by atoms with Gasteiger partial charge in [0.1, 0.15) is 0 Å². The van der Waals surface area contributed by atoms with E-state index >= 15 is 0 Å². The van der Waals surface area contributed by atoms with Gasteiger partial charge in [-0.1, -0.05) is 25.4 Å². The van der Waals surface area contributed by atoms with Crippen molar-refractivity contribution in [2.24, 2.45) is 5.92 Å². The van der Waals surface area contributed by atoms with E-state index in [9.17, 15) is 4.79 Å². The first-order valence-electron chi connectivity index (χ1n) is 5.08. The van der Waals surface area contributed by atoms with E-state index in [2.05, 4.69) is 10.3 Å². The number of thiophene rings is 1. The van der Waals surface area contributed by atoms with Crippen molar-refractivity contribution in [2.75, 3.05) is 5.32 Å². The molecule has 0 fully saturated rings. The maximum atomic E-state index is 11.5. The monoisotopic (exact) mass is 286 g/mol. The summed E-state index contributed by atoms with van der Waals surface area (Å²) in [6.07, 6.45) is 0. The fraction of sp³-hybridized carbons (Fsp3) is 0.273. The molecule has 0 saturated carbocycles. The molecule has 3 nitrogen and oxygen atoms in total. The highest BCUT2D eigenvalue weighted by molar-refractivity contribution is 7.20. The van der Waals surface area contributed by atoms with E-state index in [1.165, 1.54) is 22.7 Å². The third kappa shape index (κ3) is 3.06. The van der Waals surface area contributed by atoms with Crippen molar-refractivity contribution in [1.29, 1.82) is 0 Å². The first-order valence-corrected chi connectivity index (χ1v) is 7.16. The smallest absolute Gasteiger partial charge is 0.228 e. The summed E-state index contributed by atoms with van der Waals surface area (Å²) in [5, 5.41) is 5.32. The first-order chi connectivity index (χ1) is 8.06. The number of rotatable bonds is 3. The Bertz CT molecular complexity index is 533. The summed E-state index contributed by atoms with van der Waals surface area (Å²) >= 11 is 8.76. The lowest BCUT2D eigenvalue weighted by molar-refractivity contribution is -0.118. The number of hydrogen-bond acceptors (Lipinski definition) is 4. The van der Waals surface area contributed by atoms with Gasteiger partial charge >= 0.3 is 0 Å². The number of halogens is 1. The van der Waals surface area contributed by atoms with E-state index in [0.29, 0.717) is 5.13 Å². The predicted octanol–water partition coefficient (Wildman–Crippen LogP) is 4.12. The molecule has 0 aromatic carbocycles. The Kier molecular flexibility index (Phi) is 3.81. The molecule has 2 aromatic heterocycles. The van der Waals surface area contributed by atoms with Gasteiger partial charge in [-0.15, -0.1) is 22.7 Å². The van der Waals surface area contributed by atoms with Crippen LogP contribution in [0, 0.1) is 5.92 Å². The number of thiazole rings is 1. The molecule has 2 rings (SSSR count). The van der Waals surface area contributed by atoms with Crippen LogP contribution in [0.4, 0.5) is 5.13 Å². The summed E-state index contributed by atoms with van der Waals surface area (Å²) in [5.41, 5.74) is 0.853. The van der Waals surface area contributed by atoms with Crippen molar-refractivity contribution in [3.63, 3.8) is 0 Å². The zero-order valence-corrected chi connectivity index (χ0v) is 11.7. The Morgan fingerprint density at radius 2 is 2.24 bits per heavy atom. The van der Waals surface area contributed by atoms with Crippen molar-refractivity contribution < 1.29 is 4.79 Å². The Labute approximate surface area is 112 Å². The summed E-state index contributed by atoms with van der Waals surface area (Å²) < 4.78 is 0.737. The molecule has 0 aliphatic carbocycles. The average molecular weight is 287 g/mol. The van der Waals surface area contributed by atoms with Crippen molar-refractivity contribution in [1.82, 2.24) is 4.98 Å². The number of hydrogen-bond donors (Lipinski definition) is 1. The summed E-state index contributed by atoms with van der Waals surface area (Å²) in [5.74, 6) is -0.0614. The molecule has 2 heterocycles. The second-order valence-corrected chi connectivity index (χ2v) is 6.36. The van der Waals surface area contributed by atoms with Crippen LogP contribution in [0.2, 0.25) is 4.34 Å². The van der Waals surface area contributed by atoms with E-state index in [0.717, 1.165) is 14.9 Å². The number of amides is 1. The van der Waals surface area contributed by atoms with Gasteiger partial charge in [-0.2, -0.15) is 0 Å². The van der Waals surface area contributed by atoms with Crippen LogP contribution >= 0.6 is 34.3 Å². The highest BCUT2D eigenvalue weighted by Crippen LogP contribution is 2.32. The minimum Gasteiger partial charge on any atom is -0.302 e. The molecule has 0 unspecified atom stereocenters. The second kappa shape index (κ2) is 5.16. The van der Waals surface area contributed by atoms with Gasteiger partial charge in [-0.3, -0.25) is 4.79 Å². The number of aromatic nitrogens is 1. The fourth-order valence-electron chi connectivity index (χ4n) is 1.15. The molecule has 2 aromatic rings. The summed E-state index contributed by atoms with van der Waals surface area (Å²) in [4.78, 5) is 16.9. The van der Waals surface area contributed by atoms with Gasteiger partial charge in [0, 0.05) is 11.3 Å². The zero-order valence-electron chi connectivity index (χ0n) is 9.36. The van der Waals surface area contributed by atoms with Crippen LogP contribution in [0.15, 0.2) is 17.5 Å². The Morgan fingerprint density at radius 3 is 2.82 bits per heavy atom. The van der Waals surface area contributed by atoms with Gasteiger partial charge in [0.15, 0.2) is 5.13 Å². The number of nitrogens with one attached hydrogen (secondary N) is 1. The Morgan fingerprint density at radius 1 is 1.47 bits per heavy atom. The van der Waals surface area contributed by atoms with Gasteiger partial charge in [0.05, 0.1) is 14.9 Å². The molecule has 1 amide bonds. The normalized spacial score (nSPS) is 10.8. The van der Waals surface area contributed by atoms with Crippen LogP contribution < -0.4 is 5.32 Å². The van der Waals surface area contributed by atoms with Crippen LogP contribution in [0.1, 0.15) is 13.8 Å². The van der Waals surface area contributed by atoms with Crippen molar-refractivity contribution in [3.05, 3.63) is 21.8 Å². The van der Waals surface area contributed by atoms with E-state index in [1.807, 2.05) is 31.4 Å². The van der Waals surface area contributed by atoms with Crippen molar-refractivity contribution in [3.8, 4) is 10.6 Å². The lowest BCUT2D eigenvalue weighted by atomic mass is 10.2. The van der Waals surface area contributed by atoms with E-state index < -0.39 is 0 Å². The fourth-order valence-corrected chi connectivity index (χ4v) is 2.94. The lowest BCUT2D eigenvalue weighted by Crippen LogP contribution is -2.17. The number of anilines is 1. The molecule has 1 N–H and O–H groups in total. The second-order valence-electron chi connectivity index (χ2n) is 3.79. The quantitative estimate of drug-likeness (QED) is 0.922. The van der Waals surface area contributed by atoms with Crippen LogP contribution in [-0.2, 0) is 4.79 Å². The highest BCUT2D eigenvalue weighted by Gasteiger charge is 2.11. The summed E-state index contributed by atoms with van der Waals surface area (Å²) in [6, 6.07) is 3.77. The van der Waals surface area contributed by atoms with Gasteiger partial charge in [-0.25, -0.2) is 4.98 Å². The van der Waals surface area contributed by atoms with Crippen molar-refractivity contribution >= 4 is 45.3 Å². The maximum absolute atomic E-state index is 11.5. The Hall–Kier alpha value is -0.910.